The molecule has 2 unspecified atom stereocenters. The topological polar surface area (TPSA) is 21.3 Å². The van der Waals surface area contributed by atoms with Gasteiger partial charge in [0.15, 0.2) is 0 Å². The summed E-state index contributed by atoms with van der Waals surface area (Å²) < 4.78 is 7.38. The molecule has 0 bridgehead atoms. The second-order valence-electron chi connectivity index (χ2n) is 6.94. The van der Waals surface area contributed by atoms with E-state index in [0.29, 0.717) is 12.0 Å². The maximum absolute atomic E-state index is 6.25. The molecule has 2 rings (SSSR count). The molecule has 0 spiro atoms. The second kappa shape index (κ2) is 6.61. The van der Waals surface area contributed by atoms with Crippen molar-refractivity contribution in [3.63, 3.8) is 0 Å². The van der Waals surface area contributed by atoms with Crippen LogP contribution in [0.15, 0.2) is 33.6 Å². The number of ether oxygens (including phenoxy) is 1. The molecule has 1 aliphatic heterocycles. The maximum atomic E-state index is 6.25. The molecule has 1 N–H and O–H groups in total. The van der Waals surface area contributed by atoms with Crippen LogP contribution in [0.25, 0.3) is 0 Å². The summed E-state index contributed by atoms with van der Waals surface area (Å²) in [6.07, 6.45) is 1.10. The molecule has 1 saturated heterocycles. The number of thioether (sulfide) groups is 1. The van der Waals surface area contributed by atoms with E-state index in [0.717, 1.165) is 16.6 Å². The third kappa shape index (κ3) is 4.47. The summed E-state index contributed by atoms with van der Waals surface area (Å²) in [6.45, 7) is 8.84. The second-order valence-corrected chi connectivity index (χ2v) is 8.95. The Morgan fingerprint density at radius 1 is 1.38 bits per heavy atom. The van der Waals surface area contributed by atoms with E-state index in [1.165, 1.54) is 4.90 Å². The van der Waals surface area contributed by atoms with E-state index < -0.39 is 0 Å². The van der Waals surface area contributed by atoms with Crippen LogP contribution in [0, 0.1) is 5.92 Å². The van der Waals surface area contributed by atoms with Gasteiger partial charge < -0.3 is 10.1 Å². The average molecular weight is 372 g/mol. The van der Waals surface area contributed by atoms with Crippen molar-refractivity contribution < 1.29 is 4.74 Å². The number of rotatable bonds is 5. The molecule has 1 fully saturated rings. The van der Waals surface area contributed by atoms with Gasteiger partial charge in [0, 0.05) is 27.1 Å². The fourth-order valence-corrected chi connectivity index (χ4v) is 5.08. The molecule has 0 radical (unpaired) electrons. The Balaban J connectivity index is 2.03. The quantitative estimate of drug-likeness (QED) is 0.756. The van der Waals surface area contributed by atoms with E-state index in [1.807, 2.05) is 11.8 Å². The van der Waals surface area contributed by atoms with Crippen LogP contribution < -0.4 is 5.32 Å². The minimum absolute atomic E-state index is 0.0241. The van der Waals surface area contributed by atoms with Crippen molar-refractivity contribution in [1.29, 1.82) is 0 Å². The van der Waals surface area contributed by atoms with E-state index in [1.54, 1.807) is 0 Å². The third-order valence-electron chi connectivity index (χ3n) is 4.23. The van der Waals surface area contributed by atoms with Gasteiger partial charge in [-0.1, -0.05) is 22.0 Å². The summed E-state index contributed by atoms with van der Waals surface area (Å²) in [5, 5.41) is 3.51. The Bertz CT molecular complexity index is 489. The Labute approximate surface area is 141 Å². The summed E-state index contributed by atoms with van der Waals surface area (Å²) in [6, 6.07) is 8.95. The van der Waals surface area contributed by atoms with E-state index in [2.05, 4.69) is 80.3 Å². The van der Waals surface area contributed by atoms with Crippen LogP contribution in [-0.2, 0) is 4.74 Å². The zero-order chi connectivity index (χ0) is 15.7. The lowest BCUT2D eigenvalue weighted by atomic mass is 9.82. The van der Waals surface area contributed by atoms with E-state index in [9.17, 15) is 0 Å². The molecule has 118 valence electrons. The molecule has 1 aromatic rings. The molecule has 1 heterocycles. The number of benzene rings is 1. The van der Waals surface area contributed by atoms with Crippen LogP contribution in [0.2, 0.25) is 0 Å². The standard InChI is InChI=1S/C17H26BrNOS/c1-16(2)10-14(17(3,4)20-16)15(19-5)11-21-13-8-6-7-12(18)9-13/h6-9,14-15,19H,10-11H2,1-5H3. The monoisotopic (exact) mass is 371 g/mol. The van der Waals surface area contributed by atoms with Gasteiger partial charge in [0.1, 0.15) is 0 Å². The van der Waals surface area contributed by atoms with Gasteiger partial charge in [0.05, 0.1) is 11.2 Å². The van der Waals surface area contributed by atoms with Crippen molar-refractivity contribution in [2.24, 2.45) is 5.92 Å². The van der Waals surface area contributed by atoms with Gasteiger partial charge in [-0.05, 0) is 59.4 Å². The SMILES string of the molecule is CNC(CSc1cccc(Br)c1)C1CC(C)(C)OC1(C)C. The molecule has 21 heavy (non-hydrogen) atoms. The maximum Gasteiger partial charge on any atom is 0.0678 e. The summed E-state index contributed by atoms with van der Waals surface area (Å²) in [7, 11) is 2.06. The Kier molecular flexibility index (Phi) is 5.45. The highest BCUT2D eigenvalue weighted by atomic mass is 79.9. The van der Waals surface area contributed by atoms with Crippen molar-refractivity contribution in [2.45, 2.75) is 56.3 Å². The predicted octanol–water partition coefficient (Wildman–Crippen LogP) is 4.72. The first-order chi connectivity index (χ1) is 9.73. The van der Waals surface area contributed by atoms with Gasteiger partial charge >= 0.3 is 0 Å². The normalized spacial score (nSPS) is 25.0. The van der Waals surface area contributed by atoms with Crippen molar-refractivity contribution in [3.05, 3.63) is 28.7 Å². The molecule has 0 amide bonds. The van der Waals surface area contributed by atoms with Gasteiger partial charge in [0.2, 0.25) is 0 Å². The summed E-state index contributed by atoms with van der Waals surface area (Å²) in [4.78, 5) is 1.31. The van der Waals surface area contributed by atoms with Crippen molar-refractivity contribution in [3.8, 4) is 0 Å². The number of hydrogen-bond donors (Lipinski definition) is 1. The Morgan fingerprint density at radius 3 is 2.62 bits per heavy atom. The highest BCUT2D eigenvalue weighted by molar-refractivity contribution is 9.10. The van der Waals surface area contributed by atoms with E-state index in [-0.39, 0.29) is 11.2 Å². The average Bonchev–Trinajstić information content (AvgIpc) is 2.58. The predicted molar refractivity (Wildman–Crippen MR) is 95.1 cm³/mol. The van der Waals surface area contributed by atoms with E-state index >= 15 is 0 Å². The lowest BCUT2D eigenvalue weighted by Gasteiger charge is -2.32. The summed E-state index contributed by atoms with van der Waals surface area (Å²) >= 11 is 5.44. The van der Waals surface area contributed by atoms with Gasteiger partial charge in [-0.25, -0.2) is 0 Å². The Morgan fingerprint density at radius 2 is 2.10 bits per heavy atom. The lowest BCUT2D eigenvalue weighted by molar-refractivity contribution is -0.0767. The zero-order valence-electron chi connectivity index (χ0n) is 13.6. The lowest BCUT2D eigenvalue weighted by Crippen LogP contribution is -2.44. The molecule has 2 atom stereocenters. The first kappa shape index (κ1) is 17.3. The van der Waals surface area contributed by atoms with Crippen LogP contribution in [0.4, 0.5) is 0 Å². The fourth-order valence-electron chi connectivity index (χ4n) is 3.38. The summed E-state index contributed by atoms with van der Waals surface area (Å²) in [5.41, 5.74) is -0.0985. The largest absolute Gasteiger partial charge is 0.369 e. The van der Waals surface area contributed by atoms with Gasteiger partial charge in [-0.15, -0.1) is 11.8 Å². The van der Waals surface area contributed by atoms with Gasteiger partial charge in [0.25, 0.3) is 0 Å². The van der Waals surface area contributed by atoms with Crippen LogP contribution in [0.3, 0.4) is 0 Å². The third-order valence-corrected chi connectivity index (χ3v) is 5.83. The molecule has 1 aliphatic rings. The number of hydrogen-bond acceptors (Lipinski definition) is 3. The van der Waals surface area contributed by atoms with Crippen LogP contribution in [-0.4, -0.2) is 30.0 Å². The summed E-state index contributed by atoms with van der Waals surface area (Å²) in [5.74, 6) is 1.58. The molecule has 4 heteroatoms. The van der Waals surface area contributed by atoms with Crippen LogP contribution >= 0.6 is 27.7 Å². The van der Waals surface area contributed by atoms with Crippen LogP contribution in [0.1, 0.15) is 34.1 Å². The molecule has 0 saturated carbocycles. The molecule has 0 aliphatic carbocycles. The van der Waals surface area contributed by atoms with Crippen molar-refractivity contribution in [2.75, 3.05) is 12.8 Å². The molecular weight excluding hydrogens is 346 g/mol. The van der Waals surface area contributed by atoms with Crippen molar-refractivity contribution >= 4 is 27.7 Å². The van der Waals surface area contributed by atoms with Crippen LogP contribution in [0.5, 0.6) is 0 Å². The number of halogens is 1. The smallest absolute Gasteiger partial charge is 0.0678 e. The molecular formula is C17H26BrNOS. The fraction of sp³-hybridized carbons (Fsp3) is 0.647. The zero-order valence-corrected chi connectivity index (χ0v) is 16.0. The van der Waals surface area contributed by atoms with Crippen molar-refractivity contribution in [1.82, 2.24) is 5.32 Å². The van der Waals surface area contributed by atoms with E-state index in [4.69, 9.17) is 4.74 Å². The minimum Gasteiger partial charge on any atom is -0.369 e. The molecule has 2 nitrogen and oxygen atoms in total. The van der Waals surface area contributed by atoms with Gasteiger partial charge in [-0.3, -0.25) is 0 Å². The highest BCUT2D eigenvalue weighted by Gasteiger charge is 2.48. The number of nitrogens with one attached hydrogen (secondary N) is 1. The highest BCUT2D eigenvalue weighted by Crippen LogP contribution is 2.44. The first-order valence-corrected chi connectivity index (χ1v) is 9.27. The molecule has 0 aromatic heterocycles. The molecule has 1 aromatic carbocycles. The Hall–Kier alpha value is -0.0300. The minimum atomic E-state index is -0.0744. The van der Waals surface area contributed by atoms with Gasteiger partial charge in [-0.2, -0.15) is 0 Å². The first-order valence-electron chi connectivity index (χ1n) is 7.49.